The molecule has 2 N–H and O–H groups in total. The number of methoxy groups -OCH3 is 1. The molecule has 2 rings (SSSR count). The predicted octanol–water partition coefficient (Wildman–Crippen LogP) is 2.33. The number of nitrogens with zero attached hydrogens (tertiary/aromatic N) is 3. The summed E-state index contributed by atoms with van der Waals surface area (Å²) >= 11 is 3.37. The lowest BCUT2D eigenvalue weighted by atomic mass is 10.2. The maximum Gasteiger partial charge on any atom is 0.330 e. The number of aryl methyl sites for hydroxylation is 1. The van der Waals surface area contributed by atoms with Crippen LogP contribution in [0, 0.1) is 6.92 Å². The summed E-state index contributed by atoms with van der Waals surface area (Å²) in [4.78, 5) is 11.6. The summed E-state index contributed by atoms with van der Waals surface area (Å²) in [7, 11) is 1.45. The van der Waals surface area contributed by atoms with E-state index in [1.807, 2.05) is 25.1 Å². The zero-order chi connectivity index (χ0) is 13.1. The van der Waals surface area contributed by atoms with Gasteiger partial charge < -0.3 is 15.2 Å². The van der Waals surface area contributed by atoms with E-state index >= 15 is 0 Å². The maximum atomic E-state index is 5.56. The zero-order valence-electron chi connectivity index (χ0n) is 9.85. The third kappa shape index (κ3) is 2.86. The number of ether oxygens (including phenoxy) is 2. The van der Waals surface area contributed by atoms with Crippen molar-refractivity contribution in [3.63, 3.8) is 0 Å². The number of aromatic nitrogens is 3. The van der Waals surface area contributed by atoms with Crippen LogP contribution in [0.15, 0.2) is 22.7 Å². The monoisotopic (exact) mass is 310 g/mol. The Hall–Kier alpha value is -1.89. The van der Waals surface area contributed by atoms with Crippen molar-refractivity contribution in [3.8, 4) is 17.8 Å². The van der Waals surface area contributed by atoms with E-state index in [0.29, 0.717) is 5.75 Å². The summed E-state index contributed by atoms with van der Waals surface area (Å²) in [6.45, 7) is 1.92. The van der Waals surface area contributed by atoms with Crippen LogP contribution in [-0.2, 0) is 0 Å². The Labute approximate surface area is 112 Å². The highest BCUT2D eigenvalue weighted by Gasteiger charge is 2.08. The molecule has 18 heavy (non-hydrogen) atoms. The van der Waals surface area contributed by atoms with Gasteiger partial charge in [-0.05, 0) is 24.6 Å². The van der Waals surface area contributed by atoms with Gasteiger partial charge in [0.15, 0.2) is 0 Å². The van der Waals surface area contributed by atoms with Crippen LogP contribution in [-0.4, -0.2) is 22.1 Å². The van der Waals surface area contributed by atoms with Crippen molar-refractivity contribution in [1.82, 2.24) is 15.0 Å². The number of benzene rings is 1. The van der Waals surface area contributed by atoms with Crippen molar-refractivity contribution in [2.45, 2.75) is 6.92 Å². The topological polar surface area (TPSA) is 83.2 Å². The molecule has 0 unspecified atom stereocenters. The SMILES string of the molecule is COc1nc(N)nc(Oc2cc(Br)ccc2C)n1. The molecule has 0 amide bonds. The smallest absolute Gasteiger partial charge is 0.330 e. The lowest BCUT2D eigenvalue weighted by molar-refractivity contribution is 0.360. The molecule has 1 heterocycles. The zero-order valence-corrected chi connectivity index (χ0v) is 11.4. The molecule has 0 aliphatic rings. The number of hydrogen-bond acceptors (Lipinski definition) is 6. The first-order valence-corrected chi connectivity index (χ1v) is 5.87. The van der Waals surface area contributed by atoms with E-state index in [1.165, 1.54) is 7.11 Å². The molecule has 0 saturated heterocycles. The van der Waals surface area contributed by atoms with E-state index in [4.69, 9.17) is 15.2 Å². The van der Waals surface area contributed by atoms with Crippen LogP contribution in [0.4, 0.5) is 5.95 Å². The number of nitrogen functional groups attached to an aromatic ring is 1. The second-order valence-electron chi connectivity index (χ2n) is 3.47. The molecule has 94 valence electrons. The van der Waals surface area contributed by atoms with Gasteiger partial charge in [0.1, 0.15) is 5.75 Å². The predicted molar refractivity (Wildman–Crippen MR) is 69.7 cm³/mol. The fraction of sp³-hybridized carbons (Fsp3) is 0.182. The largest absolute Gasteiger partial charge is 0.467 e. The normalized spacial score (nSPS) is 10.2. The van der Waals surface area contributed by atoms with Gasteiger partial charge in [0.25, 0.3) is 0 Å². The van der Waals surface area contributed by atoms with Crippen LogP contribution < -0.4 is 15.2 Å². The van der Waals surface area contributed by atoms with E-state index in [-0.39, 0.29) is 18.0 Å². The van der Waals surface area contributed by atoms with Crippen molar-refractivity contribution in [2.75, 3.05) is 12.8 Å². The average molecular weight is 311 g/mol. The highest BCUT2D eigenvalue weighted by molar-refractivity contribution is 9.10. The first kappa shape index (κ1) is 12.6. The van der Waals surface area contributed by atoms with Gasteiger partial charge in [-0.1, -0.05) is 22.0 Å². The van der Waals surface area contributed by atoms with Crippen LogP contribution in [0.1, 0.15) is 5.56 Å². The van der Waals surface area contributed by atoms with Crippen LogP contribution in [0.5, 0.6) is 17.8 Å². The Bertz CT molecular complexity index is 577. The average Bonchev–Trinajstić information content (AvgIpc) is 2.33. The Morgan fingerprint density at radius 3 is 2.61 bits per heavy atom. The van der Waals surface area contributed by atoms with E-state index in [0.717, 1.165) is 10.0 Å². The number of nitrogens with two attached hydrogens (primary N) is 1. The standard InChI is InChI=1S/C11H11BrN4O2/c1-6-3-4-7(12)5-8(6)18-11-15-9(13)14-10(16-11)17-2/h3-5H,1-2H3,(H2,13,14,15,16). The minimum atomic E-state index is 0.0458. The molecular formula is C11H11BrN4O2. The summed E-state index contributed by atoms with van der Waals surface area (Å²) in [6, 6.07) is 5.87. The van der Waals surface area contributed by atoms with E-state index in [9.17, 15) is 0 Å². The Balaban J connectivity index is 2.33. The van der Waals surface area contributed by atoms with Gasteiger partial charge in [-0.25, -0.2) is 0 Å². The van der Waals surface area contributed by atoms with Gasteiger partial charge in [-0.15, -0.1) is 4.98 Å². The van der Waals surface area contributed by atoms with Gasteiger partial charge in [0.2, 0.25) is 5.95 Å². The third-order valence-corrected chi connectivity index (χ3v) is 2.64. The number of rotatable bonds is 3. The van der Waals surface area contributed by atoms with Crippen LogP contribution in [0.25, 0.3) is 0 Å². The minimum absolute atomic E-state index is 0.0458. The quantitative estimate of drug-likeness (QED) is 0.936. The van der Waals surface area contributed by atoms with Gasteiger partial charge in [0.05, 0.1) is 7.11 Å². The molecule has 0 fully saturated rings. The Morgan fingerprint density at radius 1 is 1.17 bits per heavy atom. The Morgan fingerprint density at radius 2 is 1.89 bits per heavy atom. The van der Waals surface area contributed by atoms with E-state index in [1.54, 1.807) is 0 Å². The first-order valence-electron chi connectivity index (χ1n) is 5.08. The van der Waals surface area contributed by atoms with Crippen molar-refractivity contribution in [2.24, 2.45) is 0 Å². The highest BCUT2D eigenvalue weighted by atomic mass is 79.9. The van der Waals surface area contributed by atoms with Gasteiger partial charge in [0, 0.05) is 4.47 Å². The molecule has 6 nitrogen and oxygen atoms in total. The number of hydrogen-bond donors (Lipinski definition) is 1. The molecule has 0 radical (unpaired) electrons. The van der Waals surface area contributed by atoms with Crippen LogP contribution in [0.2, 0.25) is 0 Å². The lowest BCUT2D eigenvalue weighted by Crippen LogP contribution is -2.03. The number of halogens is 1. The fourth-order valence-electron chi connectivity index (χ4n) is 1.27. The van der Waals surface area contributed by atoms with Crippen LogP contribution >= 0.6 is 15.9 Å². The second kappa shape index (κ2) is 5.18. The molecule has 0 atom stereocenters. The molecule has 0 saturated carbocycles. The Kier molecular flexibility index (Phi) is 3.61. The summed E-state index contributed by atoms with van der Waals surface area (Å²) in [5, 5.41) is 0. The fourth-order valence-corrected chi connectivity index (χ4v) is 1.61. The van der Waals surface area contributed by atoms with E-state index < -0.39 is 0 Å². The maximum absolute atomic E-state index is 5.56. The second-order valence-corrected chi connectivity index (χ2v) is 4.39. The molecule has 1 aromatic heterocycles. The van der Waals surface area contributed by atoms with Crippen molar-refractivity contribution in [3.05, 3.63) is 28.2 Å². The molecule has 0 bridgehead atoms. The van der Waals surface area contributed by atoms with Gasteiger partial charge in [-0.2, -0.15) is 9.97 Å². The molecule has 1 aromatic carbocycles. The molecule has 0 aliphatic heterocycles. The molecule has 7 heteroatoms. The van der Waals surface area contributed by atoms with E-state index in [2.05, 4.69) is 30.9 Å². The van der Waals surface area contributed by atoms with Crippen molar-refractivity contribution >= 4 is 21.9 Å². The highest BCUT2D eigenvalue weighted by Crippen LogP contribution is 2.26. The molecule has 2 aromatic rings. The molecule has 0 aliphatic carbocycles. The summed E-state index contributed by atoms with van der Waals surface area (Å²) < 4.78 is 11.4. The number of anilines is 1. The lowest BCUT2D eigenvalue weighted by Gasteiger charge is -2.08. The summed E-state index contributed by atoms with van der Waals surface area (Å²) in [5.41, 5.74) is 6.48. The minimum Gasteiger partial charge on any atom is -0.467 e. The van der Waals surface area contributed by atoms with Crippen LogP contribution in [0.3, 0.4) is 0 Å². The van der Waals surface area contributed by atoms with Gasteiger partial charge in [-0.3, -0.25) is 0 Å². The summed E-state index contributed by atoms with van der Waals surface area (Å²) in [5.74, 6) is 0.682. The van der Waals surface area contributed by atoms with Crippen molar-refractivity contribution < 1.29 is 9.47 Å². The third-order valence-electron chi connectivity index (χ3n) is 2.15. The summed E-state index contributed by atoms with van der Waals surface area (Å²) in [6.07, 6.45) is 0. The first-order chi connectivity index (χ1) is 8.58. The molecular weight excluding hydrogens is 300 g/mol. The molecule has 0 spiro atoms. The van der Waals surface area contributed by atoms with Crippen molar-refractivity contribution in [1.29, 1.82) is 0 Å². The van der Waals surface area contributed by atoms with Gasteiger partial charge >= 0.3 is 12.0 Å².